The average Bonchev–Trinajstić information content (AvgIpc) is 2.72. The zero-order chi connectivity index (χ0) is 19.1. The van der Waals surface area contributed by atoms with Crippen molar-refractivity contribution in [2.24, 2.45) is 0 Å². The highest BCUT2D eigenvalue weighted by atomic mass is 16.2. The second kappa shape index (κ2) is 8.72. The fourth-order valence-corrected chi connectivity index (χ4v) is 2.76. The predicted octanol–water partition coefficient (Wildman–Crippen LogP) is 3.95. The first-order chi connectivity index (χ1) is 13.2. The number of aromatic nitrogens is 2. The lowest BCUT2D eigenvalue weighted by Gasteiger charge is -2.20. The Morgan fingerprint density at radius 1 is 1.15 bits per heavy atom. The van der Waals surface area contributed by atoms with Gasteiger partial charge in [0.05, 0.1) is 34.6 Å². The molecule has 0 saturated carbocycles. The third-order valence-corrected chi connectivity index (χ3v) is 4.13. The van der Waals surface area contributed by atoms with E-state index in [1.54, 1.807) is 29.3 Å². The normalized spacial score (nSPS) is 10.8. The molecule has 3 rings (SSSR count). The summed E-state index contributed by atoms with van der Waals surface area (Å²) in [7, 11) is 0. The van der Waals surface area contributed by atoms with E-state index >= 15 is 0 Å². The van der Waals surface area contributed by atoms with Gasteiger partial charge in [-0.05, 0) is 42.3 Å². The molecule has 134 valence electrons. The largest absolute Gasteiger partial charge is 0.335 e. The molecule has 5 nitrogen and oxygen atoms in total. The van der Waals surface area contributed by atoms with Gasteiger partial charge in [-0.3, -0.25) is 9.78 Å². The summed E-state index contributed by atoms with van der Waals surface area (Å²) < 4.78 is 0. The molecule has 2 aromatic carbocycles. The van der Waals surface area contributed by atoms with E-state index in [1.807, 2.05) is 43.3 Å². The van der Waals surface area contributed by atoms with Gasteiger partial charge in [-0.1, -0.05) is 31.2 Å². The van der Waals surface area contributed by atoms with Gasteiger partial charge in [0.15, 0.2) is 0 Å². The maximum absolute atomic E-state index is 12.6. The first-order valence-corrected chi connectivity index (χ1v) is 8.87. The van der Waals surface area contributed by atoms with Crippen LogP contribution >= 0.6 is 0 Å². The molecule has 0 fully saturated rings. The van der Waals surface area contributed by atoms with Crippen molar-refractivity contribution in [1.29, 1.82) is 5.26 Å². The van der Waals surface area contributed by atoms with Crippen LogP contribution in [0.5, 0.6) is 0 Å². The Balaban J connectivity index is 1.73. The summed E-state index contributed by atoms with van der Waals surface area (Å²) in [6, 6.07) is 17.0. The molecule has 0 saturated heterocycles. The minimum atomic E-state index is -0.0730. The number of amides is 1. The van der Waals surface area contributed by atoms with Crippen LogP contribution in [0.2, 0.25) is 0 Å². The minimum Gasteiger partial charge on any atom is -0.335 e. The topological polar surface area (TPSA) is 69.9 Å². The molecule has 0 radical (unpaired) electrons. The van der Waals surface area contributed by atoms with Crippen LogP contribution in [0.1, 0.15) is 30.2 Å². The SMILES string of the molecule is CCCN(Cc1ccc(C#N)cc1)C(=O)/C=C/c1cnc2ccccc2n1. The van der Waals surface area contributed by atoms with E-state index in [-0.39, 0.29) is 5.91 Å². The number of nitriles is 1. The van der Waals surface area contributed by atoms with E-state index in [2.05, 4.69) is 16.0 Å². The lowest BCUT2D eigenvalue weighted by atomic mass is 10.1. The zero-order valence-electron chi connectivity index (χ0n) is 15.2. The molecule has 0 aliphatic rings. The van der Waals surface area contributed by atoms with Gasteiger partial charge in [0, 0.05) is 19.2 Å². The van der Waals surface area contributed by atoms with Crippen molar-refractivity contribution >= 4 is 23.0 Å². The Morgan fingerprint density at radius 2 is 1.89 bits per heavy atom. The Kier molecular flexibility index (Phi) is 5.91. The van der Waals surface area contributed by atoms with Crippen molar-refractivity contribution < 1.29 is 4.79 Å². The number of benzene rings is 2. The lowest BCUT2D eigenvalue weighted by molar-refractivity contribution is -0.126. The smallest absolute Gasteiger partial charge is 0.246 e. The molecule has 1 amide bonds. The summed E-state index contributed by atoms with van der Waals surface area (Å²) in [5, 5.41) is 8.89. The monoisotopic (exact) mass is 356 g/mol. The molecule has 3 aromatic rings. The highest BCUT2D eigenvalue weighted by Crippen LogP contribution is 2.11. The molecule has 1 heterocycles. The van der Waals surface area contributed by atoms with Crippen LogP contribution in [0, 0.1) is 11.3 Å². The zero-order valence-corrected chi connectivity index (χ0v) is 15.2. The number of carbonyl (C=O) groups is 1. The highest BCUT2D eigenvalue weighted by molar-refractivity contribution is 5.91. The number of nitrogens with zero attached hydrogens (tertiary/aromatic N) is 4. The Morgan fingerprint density at radius 3 is 2.59 bits per heavy atom. The Labute approximate surface area is 158 Å². The van der Waals surface area contributed by atoms with Crippen LogP contribution in [0.4, 0.5) is 0 Å². The molecule has 1 aromatic heterocycles. The van der Waals surface area contributed by atoms with E-state index in [9.17, 15) is 4.79 Å². The molecule has 5 heteroatoms. The van der Waals surface area contributed by atoms with E-state index < -0.39 is 0 Å². The number of para-hydroxylation sites is 2. The first-order valence-electron chi connectivity index (χ1n) is 8.87. The minimum absolute atomic E-state index is 0.0730. The van der Waals surface area contributed by atoms with E-state index in [4.69, 9.17) is 5.26 Å². The number of carbonyl (C=O) groups excluding carboxylic acids is 1. The fraction of sp³-hybridized carbons (Fsp3) is 0.182. The summed E-state index contributed by atoms with van der Waals surface area (Å²) in [6.45, 7) is 3.20. The molecule has 0 aliphatic heterocycles. The maximum atomic E-state index is 12.6. The molecule has 0 N–H and O–H groups in total. The van der Waals surface area contributed by atoms with Crippen molar-refractivity contribution in [1.82, 2.24) is 14.9 Å². The van der Waals surface area contributed by atoms with Crippen molar-refractivity contribution in [2.75, 3.05) is 6.54 Å². The molecule has 27 heavy (non-hydrogen) atoms. The van der Waals surface area contributed by atoms with E-state index in [1.165, 1.54) is 6.08 Å². The molecule has 0 bridgehead atoms. The summed E-state index contributed by atoms with van der Waals surface area (Å²) >= 11 is 0. The number of hydrogen-bond donors (Lipinski definition) is 0. The Hall–Kier alpha value is -3.52. The summed E-state index contributed by atoms with van der Waals surface area (Å²) in [6.07, 6.45) is 5.77. The van der Waals surface area contributed by atoms with E-state index in [0.717, 1.165) is 23.0 Å². The molecule has 0 spiro atoms. The molecule has 0 aliphatic carbocycles. The van der Waals surface area contributed by atoms with Gasteiger partial charge in [0.1, 0.15) is 0 Å². The van der Waals surface area contributed by atoms with Crippen LogP contribution in [-0.4, -0.2) is 27.3 Å². The van der Waals surface area contributed by atoms with Crippen molar-refractivity contribution in [3.05, 3.63) is 77.6 Å². The van der Waals surface area contributed by atoms with Crippen molar-refractivity contribution in [3.63, 3.8) is 0 Å². The summed E-state index contributed by atoms with van der Waals surface area (Å²) in [4.78, 5) is 23.3. The van der Waals surface area contributed by atoms with Gasteiger partial charge >= 0.3 is 0 Å². The average molecular weight is 356 g/mol. The maximum Gasteiger partial charge on any atom is 0.246 e. The van der Waals surface area contributed by atoms with Crippen LogP contribution < -0.4 is 0 Å². The van der Waals surface area contributed by atoms with Gasteiger partial charge in [-0.15, -0.1) is 0 Å². The number of rotatable bonds is 6. The third kappa shape index (κ3) is 4.77. The van der Waals surface area contributed by atoms with Gasteiger partial charge < -0.3 is 4.90 Å². The van der Waals surface area contributed by atoms with E-state index in [0.29, 0.717) is 24.3 Å². The third-order valence-electron chi connectivity index (χ3n) is 4.13. The molecular weight excluding hydrogens is 336 g/mol. The number of hydrogen-bond acceptors (Lipinski definition) is 4. The van der Waals surface area contributed by atoms with Crippen molar-refractivity contribution in [3.8, 4) is 6.07 Å². The van der Waals surface area contributed by atoms with Crippen LogP contribution in [0.3, 0.4) is 0 Å². The summed E-state index contributed by atoms with van der Waals surface area (Å²) in [5.74, 6) is -0.0730. The fourth-order valence-electron chi connectivity index (χ4n) is 2.76. The first kappa shape index (κ1) is 18.3. The second-order valence-corrected chi connectivity index (χ2v) is 6.19. The van der Waals surface area contributed by atoms with Crippen LogP contribution in [0.15, 0.2) is 60.8 Å². The number of fused-ring (bicyclic) bond motifs is 1. The van der Waals surface area contributed by atoms with Crippen LogP contribution in [-0.2, 0) is 11.3 Å². The van der Waals surface area contributed by atoms with Gasteiger partial charge in [-0.2, -0.15) is 5.26 Å². The van der Waals surface area contributed by atoms with Gasteiger partial charge in [0.2, 0.25) is 5.91 Å². The van der Waals surface area contributed by atoms with Gasteiger partial charge in [0.25, 0.3) is 0 Å². The van der Waals surface area contributed by atoms with Crippen LogP contribution in [0.25, 0.3) is 17.1 Å². The molecular formula is C22H20N4O. The molecule has 0 atom stereocenters. The van der Waals surface area contributed by atoms with Gasteiger partial charge in [-0.25, -0.2) is 4.98 Å². The quantitative estimate of drug-likeness (QED) is 0.627. The summed E-state index contributed by atoms with van der Waals surface area (Å²) in [5.41, 5.74) is 3.89. The predicted molar refractivity (Wildman–Crippen MR) is 105 cm³/mol. The van der Waals surface area contributed by atoms with Crippen molar-refractivity contribution in [2.45, 2.75) is 19.9 Å². The highest BCUT2D eigenvalue weighted by Gasteiger charge is 2.10. The second-order valence-electron chi connectivity index (χ2n) is 6.19. The Bertz CT molecular complexity index is 1000. The standard InChI is InChI=1S/C22H20N4O/c1-2-13-26(16-18-9-7-17(14-23)8-10-18)22(27)12-11-19-15-24-20-5-3-4-6-21(20)25-19/h3-12,15H,2,13,16H2,1H3/b12-11+. The molecule has 0 unspecified atom stereocenters. The lowest BCUT2D eigenvalue weighted by Crippen LogP contribution is -2.29.